The number of amides is 2. The number of hydrogen-bond donors (Lipinski definition) is 2. The lowest BCUT2D eigenvalue weighted by Gasteiger charge is -2.09. The molecule has 0 saturated carbocycles. The predicted molar refractivity (Wildman–Crippen MR) is 118 cm³/mol. The zero-order chi connectivity index (χ0) is 21.9. The van der Waals surface area contributed by atoms with Crippen LogP contribution in [0.25, 0.3) is 0 Å². The van der Waals surface area contributed by atoms with Crippen LogP contribution in [0.4, 0.5) is 0 Å². The molecule has 3 aromatic carbocycles. The van der Waals surface area contributed by atoms with Crippen molar-refractivity contribution in [2.75, 3.05) is 7.11 Å². The fourth-order valence-electron chi connectivity index (χ4n) is 2.67. The van der Waals surface area contributed by atoms with Gasteiger partial charge >= 0.3 is 11.8 Å². The number of ether oxygens (including phenoxy) is 2. The molecule has 0 aliphatic rings. The first-order valence-electron chi connectivity index (χ1n) is 9.65. The summed E-state index contributed by atoms with van der Waals surface area (Å²) < 4.78 is 10.9. The average molecular weight is 417 g/mol. The van der Waals surface area contributed by atoms with Gasteiger partial charge in [0.05, 0.1) is 13.3 Å². The van der Waals surface area contributed by atoms with Crippen LogP contribution >= 0.6 is 0 Å². The Morgan fingerprint density at radius 2 is 1.58 bits per heavy atom. The van der Waals surface area contributed by atoms with Gasteiger partial charge in [0.2, 0.25) is 0 Å². The summed E-state index contributed by atoms with van der Waals surface area (Å²) in [5.41, 5.74) is 4.79. The second kappa shape index (κ2) is 11.2. The summed E-state index contributed by atoms with van der Waals surface area (Å²) in [6, 6.07) is 24.3. The molecule has 0 saturated heterocycles. The summed E-state index contributed by atoms with van der Waals surface area (Å²) in [6.07, 6.45) is 1.44. The van der Waals surface area contributed by atoms with Crippen molar-refractivity contribution in [1.82, 2.24) is 10.7 Å². The molecule has 0 fully saturated rings. The predicted octanol–water partition coefficient (Wildman–Crippen LogP) is 3.04. The number of nitrogens with zero attached hydrogens (tertiary/aromatic N) is 1. The van der Waals surface area contributed by atoms with E-state index in [1.165, 1.54) is 6.21 Å². The Morgan fingerprint density at radius 1 is 0.871 bits per heavy atom. The third kappa shape index (κ3) is 6.71. The molecular weight excluding hydrogens is 394 g/mol. The van der Waals surface area contributed by atoms with Gasteiger partial charge in [0.15, 0.2) is 0 Å². The number of carbonyl (C=O) groups excluding carboxylic acids is 2. The van der Waals surface area contributed by atoms with Crippen molar-refractivity contribution in [2.24, 2.45) is 5.10 Å². The van der Waals surface area contributed by atoms with Gasteiger partial charge in [0.1, 0.15) is 18.1 Å². The molecule has 2 amide bonds. The normalized spacial score (nSPS) is 10.5. The van der Waals surface area contributed by atoms with E-state index in [1.807, 2.05) is 60.7 Å². The maximum Gasteiger partial charge on any atom is 0.329 e. The number of benzene rings is 3. The van der Waals surface area contributed by atoms with E-state index >= 15 is 0 Å². The number of rotatable bonds is 8. The third-order valence-electron chi connectivity index (χ3n) is 4.34. The van der Waals surface area contributed by atoms with Crippen molar-refractivity contribution < 1.29 is 19.1 Å². The fraction of sp³-hybridized carbons (Fsp3) is 0.125. The third-order valence-corrected chi connectivity index (χ3v) is 4.34. The number of nitrogens with one attached hydrogen (secondary N) is 2. The smallest absolute Gasteiger partial charge is 0.329 e. The lowest BCUT2D eigenvalue weighted by molar-refractivity contribution is -0.139. The summed E-state index contributed by atoms with van der Waals surface area (Å²) in [6.45, 7) is 0.627. The highest BCUT2D eigenvalue weighted by Gasteiger charge is 2.12. The van der Waals surface area contributed by atoms with E-state index in [1.54, 1.807) is 25.3 Å². The Bertz CT molecular complexity index is 1030. The number of methoxy groups -OCH3 is 1. The molecule has 0 atom stereocenters. The SMILES string of the molecule is COc1ccc(CNC(=O)C(=O)N/N=C\c2ccccc2OCc2ccccc2)cc1. The molecule has 2 N–H and O–H groups in total. The standard InChI is InChI=1S/C24H23N3O4/c1-30-21-13-11-18(12-14-21)15-25-23(28)24(29)27-26-16-20-9-5-6-10-22(20)31-17-19-7-3-2-4-8-19/h2-14,16H,15,17H2,1H3,(H,25,28)(H,27,29)/b26-16-. The maximum atomic E-state index is 12.0. The van der Waals surface area contributed by atoms with Crippen molar-refractivity contribution in [3.63, 3.8) is 0 Å². The van der Waals surface area contributed by atoms with E-state index in [0.29, 0.717) is 17.9 Å². The quantitative estimate of drug-likeness (QED) is 0.335. The highest BCUT2D eigenvalue weighted by atomic mass is 16.5. The van der Waals surface area contributed by atoms with Gasteiger partial charge in [-0.1, -0.05) is 54.6 Å². The Morgan fingerprint density at radius 3 is 2.32 bits per heavy atom. The van der Waals surface area contributed by atoms with E-state index in [9.17, 15) is 9.59 Å². The first kappa shape index (κ1) is 21.6. The van der Waals surface area contributed by atoms with Gasteiger partial charge in [-0.2, -0.15) is 5.10 Å². The number of hydrogen-bond acceptors (Lipinski definition) is 5. The molecule has 0 bridgehead atoms. The first-order chi connectivity index (χ1) is 15.2. The average Bonchev–Trinajstić information content (AvgIpc) is 2.82. The van der Waals surface area contributed by atoms with Crippen LogP contribution in [-0.2, 0) is 22.7 Å². The molecule has 0 radical (unpaired) electrons. The molecule has 31 heavy (non-hydrogen) atoms. The zero-order valence-electron chi connectivity index (χ0n) is 17.1. The van der Waals surface area contributed by atoms with Crippen molar-refractivity contribution >= 4 is 18.0 Å². The van der Waals surface area contributed by atoms with Crippen LogP contribution in [0.1, 0.15) is 16.7 Å². The lowest BCUT2D eigenvalue weighted by atomic mass is 10.2. The van der Waals surface area contributed by atoms with E-state index in [2.05, 4.69) is 15.8 Å². The van der Waals surface area contributed by atoms with Crippen molar-refractivity contribution in [1.29, 1.82) is 0 Å². The second-order valence-corrected chi connectivity index (χ2v) is 6.54. The summed E-state index contributed by atoms with van der Waals surface area (Å²) in [5, 5.41) is 6.42. The molecule has 3 aromatic rings. The van der Waals surface area contributed by atoms with E-state index < -0.39 is 11.8 Å². The first-order valence-corrected chi connectivity index (χ1v) is 9.65. The van der Waals surface area contributed by atoms with Crippen LogP contribution in [0.2, 0.25) is 0 Å². The van der Waals surface area contributed by atoms with Crippen LogP contribution in [0, 0.1) is 0 Å². The van der Waals surface area contributed by atoms with Crippen LogP contribution in [-0.4, -0.2) is 25.1 Å². The summed E-state index contributed by atoms with van der Waals surface area (Å²) in [7, 11) is 1.58. The van der Waals surface area contributed by atoms with E-state index in [0.717, 1.165) is 16.9 Å². The minimum atomic E-state index is -0.854. The molecule has 3 rings (SSSR count). The van der Waals surface area contributed by atoms with E-state index in [4.69, 9.17) is 9.47 Å². The minimum Gasteiger partial charge on any atom is -0.497 e. The zero-order valence-corrected chi connectivity index (χ0v) is 17.1. The molecular formula is C24H23N3O4. The molecule has 0 spiro atoms. The number of hydrazone groups is 1. The minimum absolute atomic E-state index is 0.218. The van der Waals surface area contributed by atoms with Crippen LogP contribution in [0.5, 0.6) is 11.5 Å². The van der Waals surface area contributed by atoms with Gasteiger partial charge in [-0.15, -0.1) is 0 Å². The topological polar surface area (TPSA) is 89.0 Å². The molecule has 7 nitrogen and oxygen atoms in total. The lowest BCUT2D eigenvalue weighted by Crippen LogP contribution is -2.37. The summed E-state index contributed by atoms with van der Waals surface area (Å²) in [4.78, 5) is 23.9. The Hall–Kier alpha value is -4.13. The van der Waals surface area contributed by atoms with Crippen molar-refractivity contribution in [3.05, 3.63) is 95.6 Å². The fourth-order valence-corrected chi connectivity index (χ4v) is 2.67. The largest absolute Gasteiger partial charge is 0.497 e. The van der Waals surface area contributed by atoms with Gasteiger partial charge in [0, 0.05) is 12.1 Å². The van der Waals surface area contributed by atoms with Gasteiger partial charge in [0.25, 0.3) is 0 Å². The van der Waals surface area contributed by atoms with Gasteiger partial charge in [-0.05, 0) is 35.4 Å². The summed E-state index contributed by atoms with van der Waals surface area (Å²) >= 11 is 0. The molecule has 7 heteroatoms. The van der Waals surface area contributed by atoms with Crippen LogP contribution in [0.15, 0.2) is 84.0 Å². The highest BCUT2D eigenvalue weighted by Crippen LogP contribution is 2.17. The molecule has 0 aliphatic carbocycles. The molecule has 0 aromatic heterocycles. The van der Waals surface area contributed by atoms with Crippen LogP contribution in [0.3, 0.4) is 0 Å². The van der Waals surface area contributed by atoms with Crippen LogP contribution < -0.4 is 20.2 Å². The monoisotopic (exact) mass is 417 g/mol. The van der Waals surface area contributed by atoms with Crippen molar-refractivity contribution in [3.8, 4) is 11.5 Å². The Labute approximate surface area is 180 Å². The number of para-hydroxylation sites is 1. The summed E-state index contributed by atoms with van der Waals surface area (Å²) in [5.74, 6) is -0.294. The highest BCUT2D eigenvalue weighted by molar-refractivity contribution is 6.35. The van der Waals surface area contributed by atoms with Crippen molar-refractivity contribution in [2.45, 2.75) is 13.2 Å². The second-order valence-electron chi connectivity index (χ2n) is 6.54. The van der Waals surface area contributed by atoms with Gasteiger partial charge < -0.3 is 14.8 Å². The number of carbonyl (C=O) groups is 2. The molecule has 0 heterocycles. The Balaban J connectivity index is 1.50. The molecule has 0 aliphatic heterocycles. The Kier molecular flexibility index (Phi) is 7.77. The van der Waals surface area contributed by atoms with Gasteiger partial charge in [-0.3, -0.25) is 9.59 Å². The molecule has 158 valence electrons. The van der Waals surface area contributed by atoms with Gasteiger partial charge in [-0.25, -0.2) is 5.43 Å². The maximum absolute atomic E-state index is 12.0. The molecule has 0 unspecified atom stereocenters. The van der Waals surface area contributed by atoms with E-state index in [-0.39, 0.29) is 6.54 Å².